The molecule has 1 saturated carbocycles. The molecule has 0 unspecified atom stereocenters. The minimum absolute atomic E-state index is 0.486. The number of pyridine rings is 6. The molecule has 13 aromatic heterocycles. The van der Waals surface area contributed by atoms with Gasteiger partial charge in [-0.25, -0.2) is 59.2 Å². The highest BCUT2D eigenvalue weighted by atomic mass is 15.3. The summed E-state index contributed by atoms with van der Waals surface area (Å²) in [6, 6.07) is 39.0. The third-order valence-electron chi connectivity index (χ3n) is 21.3. The zero-order chi connectivity index (χ0) is 78.9. The molecule has 1 aliphatic carbocycles. The van der Waals surface area contributed by atoms with Crippen molar-refractivity contribution in [2.24, 2.45) is 0 Å². The predicted molar refractivity (Wildman–Crippen MR) is 465 cm³/mol. The Bertz CT molecular complexity index is 6390. The summed E-state index contributed by atoms with van der Waals surface area (Å²) >= 11 is 0. The van der Waals surface area contributed by atoms with Gasteiger partial charge in [-0.05, 0) is 160 Å². The third-order valence-corrected chi connectivity index (χ3v) is 21.3. The number of nitrogens with two attached hydrogens (primary N) is 5. The van der Waals surface area contributed by atoms with Crippen LogP contribution in [0.3, 0.4) is 0 Å². The molecule has 0 saturated heterocycles. The van der Waals surface area contributed by atoms with Crippen molar-refractivity contribution in [3.63, 3.8) is 0 Å². The van der Waals surface area contributed by atoms with Gasteiger partial charge in [0.1, 0.15) is 113 Å². The van der Waals surface area contributed by atoms with Gasteiger partial charge in [0.05, 0.1) is 50.8 Å². The number of anilines is 5. The fourth-order valence-corrected chi connectivity index (χ4v) is 15.1. The number of unbranched alkanes of at least 4 members (excludes halogenated alkanes) is 5. The smallest absolute Gasteiger partial charge is 0.150 e. The first-order chi connectivity index (χ1) is 55.7. The Balaban J connectivity index is 0.000000112. The van der Waals surface area contributed by atoms with E-state index in [0.717, 1.165) is 270 Å². The number of nitrogens with one attached hydrogen (secondary N) is 5. The van der Waals surface area contributed by atoms with Crippen molar-refractivity contribution in [1.29, 1.82) is 0 Å². The van der Waals surface area contributed by atoms with E-state index in [1.165, 1.54) is 36.8 Å². The standard InChI is InChI=1S/C19H19N5.C19H24N4.C18H20N6.C17H18N6.C16H20N4/c1-2-3-7-16-23-17-13-9-8-12(14-6-4-5-10-21-14)11-15(13)22-19(20)18(17)24-16;1-2-3-8-16-22-17-14-10-9-13(12-6-4-5-7-12)11-15(14)21-19(20)18(17)23-16;1-3-4-5-15-22-16-13-7-6-12(24-10-11(2)9-20-24)8-14(13)21-18(19)17(16)23-15;1-2-3-5-14-21-15-12-7-6-11(23-9-4-8-19-23)10-13(12)20-17(18)16(15)22-14;1-3-5-6-13-19-14-11-8-7-10(4-2)9-12(11)18-16(17)15(14)20-13/h4-6,8-11H,2-3,7H2,1H3,(H2,20,22)(H,23,24);9-12H,2-8H2,1H3,(H2,20,21)(H,22,23);6-10H,3-5H2,1-2H3,(H2,19,21)(H,22,23);4,6-10H,2-3,5H2,1H3,(H2,18,20)(H,21,22);7-9H,3-6H2,1-2H3,(H2,17,18)(H,19,20). The highest BCUT2D eigenvalue weighted by Gasteiger charge is 2.22. The van der Waals surface area contributed by atoms with Crippen LogP contribution in [0.15, 0.2) is 146 Å². The fraction of sp³-hybridized carbons (Fsp3) is 0.315. The molecule has 5 aromatic carbocycles. The molecular formula is C89H101N25. The average molecular weight is 1520 g/mol. The van der Waals surface area contributed by atoms with E-state index in [1.54, 1.807) is 17.1 Å². The topological polar surface area (TPSA) is 386 Å². The van der Waals surface area contributed by atoms with Gasteiger partial charge in [-0.2, -0.15) is 10.2 Å². The molecule has 0 radical (unpaired) electrons. The summed E-state index contributed by atoms with van der Waals surface area (Å²) in [6.07, 6.45) is 31.6. The minimum atomic E-state index is 0.486. The van der Waals surface area contributed by atoms with E-state index in [1.807, 2.05) is 96.9 Å². The van der Waals surface area contributed by atoms with Gasteiger partial charge in [-0.1, -0.05) is 123 Å². The Labute approximate surface area is 660 Å². The molecule has 0 aliphatic heterocycles. The number of imidazole rings is 5. The van der Waals surface area contributed by atoms with Gasteiger partial charge in [0.25, 0.3) is 0 Å². The van der Waals surface area contributed by atoms with Crippen molar-refractivity contribution in [2.75, 3.05) is 28.7 Å². The number of aromatic nitrogens is 20. The second-order valence-electron chi connectivity index (χ2n) is 29.8. The van der Waals surface area contributed by atoms with Crippen molar-refractivity contribution >= 4 is 139 Å². The van der Waals surface area contributed by atoms with Gasteiger partial charge >= 0.3 is 0 Å². The number of hydrogen-bond donors (Lipinski definition) is 10. The zero-order valence-corrected chi connectivity index (χ0v) is 66.2. The molecule has 0 spiro atoms. The summed E-state index contributed by atoms with van der Waals surface area (Å²) in [5.41, 5.74) is 51.6. The van der Waals surface area contributed by atoms with Gasteiger partial charge in [-0.3, -0.25) is 4.98 Å². The molecule has 0 bridgehead atoms. The lowest BCUT2D eigenvalue weighted by atomic mass is 9.96. The van der Waals surface area contributed by atoms with Crippen LogP contribution < -0.4 is 28.7 Å². The SMILES string of the molecule is CCCCc1nc2c([nH]1)c(N)nc1cc(-c3ccccn3)ccc12.CCCCc1nc2c([nH]1)c(N)nc1cc(-n3cc(C)cn3)ccc12.CCCCc1nc2c([nH]1)c(N)nc1cc(-n3cccn3)ccc12.CCCCc1nc2c([nH]1)c(N)nc1cc(C3CCCC3)ccc12.CCCCc1nc2c([nH]1)c(N)nc1cc(CC)ccc12. The number of nitrogens with zero attached hydrogens (tertiary/aromatic N) is 15. The lowest BCUT2D eigenvalue weighted by molar-refractivity contribution is 0.724. The molecule has 13 heterocycles. The van der Waals surface area contributed by atoms with Crippen molar-refractivity contribution in [3.8, 4) is 22.6 Å². The van der Waals surface area contributed by atoms with Gasteiger partial charge < -0.3 is 53.6 Å². The molecule has 15 N–H and O–H groups in total. The van der Waals surface area contributed by atoms with Crippen LogP contribution in [0.25, 0.3) is 132 Å². The Kier molecular flexibility index (Phi) is 23.0. The molecule has 0 atom stereocenters. The molecule has 25 heteroatoms. The first-order valence-electron chi connectivity index (χ1n) is 40.5. The first kappa shape index (κ1) is 76.4. The van der Waals surface area contributed by atoms with E-state index in [4.69, 9.17) is 53.6 Å². The Morgan fingerprint density at radius 3 is 1.17 bits per heavy atom. The van der Waals surface area contributed by atoms with Crippen LogP contribution in [0.5, 0.6) is 0 Å². The summed E-state index contributed by atoms with van der Waals surface area (Å²) in [4.78, 5) is 67.6. The van der Waals surface area contributed by atoms with Gasteiger partial charge in [0, 0.05) is 89.4 Å². The number of benzene rings is 5. The molecule has 0 amide bonds. The summed E-state index contributed by atoms with van der Waals surface area (Å²) in [6.45, 7) is 15.1. The maximum absolute atomic E-state index is 6.19. The third kappa shape index (κ3) is 16.4. The van der Waals surface area contributed by atoms with E-state index >= 15 is 0 Å². The van der Waals surface area contributed by atoms with E-state index in [-0.39, 0.29) is 0 Å². The van der Waals surface area contributed by atoms with E-state index < -0.39 is 0 Å². The van der Waals surface area contributed by atoms with Crippen molar-refractivity contribution < 1.29 is 0 Å². The lowest BCUT2D eigenvalue weighted by Crippen LogP contribution is -1.97. The van der Waals surface area contributed by atoms with Crippen LogP contribution in [0.1, 0.15) is 183 Å². The number of nitrogen functional groups attached to an aromatic ring is 5. The summed E-state index contributed by atoms with van der Waals surface area (Å²) in [5, 5.41) is 13.8. The second-order valence-corrected chi connectivity index (χ2v) is 29.8. The van der Waals surface area contributed by atoms with Crippen LogP contribution >= 0.6 is 0 Å². The van der Waals surface area contributed by atoms with Crippen molar-refractivity contribution in [1.82, 2.24) is 99.3 Å². The van der Waals surface area contributed by atoms with Gasteiger partial charge in [0.15, 0.2) is 0 Å². The largest absolute Gasteiger partial charge is 0.382 e. The predicted octanol–water partition coefficient (Wildman–Crippen LogP) is 19.1. The van der Waals surface area contributed by atoms with Crippen LogP contribution in [0.4, 0.5) is 29.1 Å². The van der Waals surface area contributed by atoms with Crippen LogP contribution in [-0.4, -0.2) is 99.3 Å². The van der Waals surface area contributed by atoms with Crippen molar-refractivity contribution in [3.05, 3.63) is 192 Å². The van der Waals surface area contributed by atoms with Crippen LogP contribution in [0.2, 0.25) is 0 Å². The zero-order valence-electron chi connectivity index (χ0n) is 66.2. The van der Waals surface area contributed by atoms with E-state index in [0.29, 0.717) is 35.0 Å². The molecular weight excluding hydrogens is 1420 g/mol. The second kappa shape index (κ2) is 34.4. The van der Waals surface area contributed by atoms with E-state index in [2.05, 4.69) is 155 Å². The molecule has 19 rings (SSSR count). The molecule has 1 fully saturated rings. The fourth-order valence-electron chi connectivity index (χ4n) is 15.1. The quantitative estimate of drug-likeness (QED) is 0.0339. The number of fused-ring (bicyclic) bond motifs is 15. The highest BCUT2D eigenvalue weighted by molar-refractivity contribution is 6.10. The number of aryl methyl sites for hydroxylation is 7. The molecule has 582 valence electrons. The summed E-state index contributed by atoms with van der Waals surface area (Å²) < 4.78 is 3.65. The molecule has 25 nitrogen and oxygen atoms in total. The van der Waals surface area contributed by atoms with E-state index in [9.17, 15) is 0 Å². The normalized spacial score (nSPS) is 12.4. The van der Waals surface area contributed by atoms with Gasteiger partial charge in [-0.15, -0.1) is 0 Å². The average Bonchev–Trinajstić information content (AvgIpc) is 1.61. The monoisotopic (exact) mass is 1520 g/mol. The maximum atomic E-state index is 6.19. The summed E-state index contributed by atoms with van der Waals surface area (Å²) in [7, 11) is 0. The Morgan fingerprint density at radius 1 is 0.386 bits per heavy atom. The maximum Gasteiger partial charge on any atom is 0.150 e. The Morgan fingerprint density at radius 2 is 0.781 bits per heavy atom. The number of aromatic amines is 5. The lowest BCUT2D eigenvalue weighted by Gasteiger charge is -2.10. The van der Waals surface area contributed by atoms with Crippen LogP contribution in [-0.2, 0) is 38.5 Å². The Hall–Kier alpha value is -12.9. The van der Waals surface area contributed by atoms with Gasteiger partial charge in [0.2, 0.25) is 0 Å². The summed E-state index contributed by atoms with van der Waals surface area (Å²) in [5.74, 6) is 8.19. The van der Waals surface area contributed by atoms with Crippen molar-refractivity contribution in [2.45, 2.75) is 183 Å². The number of hydrogen-bond acceptors (Lipinski definition) is 18. The highest BCUT2D eigenvalue weighted by Crippen LogP contribution is 2.38. The number of rotatable bonds is 20. The molecule has 18 aromatic rings. The molecule has 114 heavy (non-hydrogen) atoms. The number of H-pyrrole nitrogens is 5. The first-order valence-corrected chi connectivity index (χ1v) is 40.5. The molecule has 1 aliphatic rings. The van der Waals surface area contributed by atoms with Crippen LogP contribution in [0, 0.1) is 6.92 Å². The minimum Gasteiger partial charge on any atom is -0.382 e.